The summed E-state index contributed by atoms with van der Waals surface area (Å²) in [6, 6.07) is 9.34. The molecule has 1 aromatic carbocycles. The van der Waals surface area contributed by atoms with Crippen LogP contribution in [0.15, 0.2) is 30.3 Å². The maximum Gasteiger partial charge on any atom is 0.227 e. The third kappa shape index (κ3) is 3.02. The third-order valence-corrected chi connectivity index (χ3v) is 4.50. The number of carbonyl (C=O) groups is 2. The maximum absolute atomic E-state index is 12.6. The molecule has 2 aromatic rings. The average molecular weight is 327 g/mol. The first-order valence-corrected chi connectivity index (χ1v) is 7.94. The molecule has 0 saturated carbocycles. The van der Waals surface area contributed by atoms with Crippen LogP contribution < -0.4 is 5.32 Å². The lowest BCUT2D eigenvalue weighted by Crippen LogP contribution is -2.55. The summed E-state index contributed by atoms with van der Waals surface area (Å²) < 4.78 is 1.88. The summed E-state index contributed by atoms with van der Waals surface area (Å²) in [5, 5.41) is 11.4. The molecule has 7 heteroatoms. The normalized spacial score (nSPS) is 15.7. The molecule has 24 heavy (non-hydrogen) atoms. The fourth-order valence-electron chi connectivity index (χ4n) is 2.78. The van der Waals surface area contributed by atoms with Crippen LogP contribution in [0.5, 0.6) is 0 Å². The zero-order chi connectivity index (χ0) is 17.3. The van der Waals surface area contributed by atoms with E-state index in [4.69, 9.17) is 0 Å². The Hall–Kier alpha value is -2.70. The molecule has 2 amide bonds. The number of hydrogen-bond acceptors (Lipinski definition) is 4. The lowest BCUT2D eigenvalue weighted by molar-refractivity contribution is -0.141. The molecule has 0 radical (unpaired) electrons. The van der Waals surface area contributed by atoms with Crippen molar-refractivity contribution in [1.29, 1.82) is 0 Å². The molecule has 7 nitrogen and oxygen atoms in total. The molecule has 0 bridgehead atoms. The molecule has 0 spiro atoms. The minimum Gasteiger partial charge on any atom is -0.342 e. The van der Waals surface area contributed by atoms with E-state index < -0.39 is 0 Å². The van der Waals surface area contributed by atoms with Crippen LogP contribution in [0.4, 0.5) is 0 Å². The second-order valence-electron chi connectivity index (χ2n) is 6.14. The van der Waals surface area contributed by atoms with Gasteiger partial charge < -0.3 is 14.8 Å². The summed E-state index contributed by atoms with van der Waals surface area (Å²) >= 11 is 0. The summed E-state index contributed by atoms with van der Waals surface area (Å²) in [4.78, 5) is 25.5. The number of likely N-dealkylation sites (tertiary alicyclic amines) is 1. The van der Waals surface area contributed by atoms with E-state index in [1.807, 2.05) is 48.9 Å². The Morgan fingerprint density at radius 3 is 2.42 bits per heavy atom. The van der Waals surface area contributed by atoms with Crippen LogP contribution >= 0.6 is 0 Å². The molecule has 1 aromatic heterocycles. The predicted molar refractivity (Wildman–Crippen MR) is 87.9 cm³/mol. The maximum atomic E-state index is 12.6. The lowest BCUT2D eigenvalue weighted by atomic mass is 9.97. The lowest BCUT2D eigenvalue weighted by Gasteiger charge is -2.38. The molecule has 2 heterocycles. The topological polar surface area (TPSA) is 80.1 Å². The van der Waals surface area contributed by atoms with Crippen molar-refractivity contribution >= 4 is 11.8 Å². The van der Waals surface area contributed by atoms with E-state index in [0.29, 0.717) is 18.9 Å². The Morgan fingerprint density at radius 2 is 1.88 bits per heavy atom. The highest BCUT2D eigenvalue weighted by atomic mass is 16.2. The monoisotopic (exact) mass is 327 g/mol. The SMILES string of the molecule is CC(=O)N1CC(C(=O)NC(c2ccccc2)c2nnc(C)n2C)C1. The number of rotatable bonds is 4. The zero-order valence-electron chi connectivity index (χ0n) is 14.1. The number of carbonyl (C=O) groups excluding carboxylic acids is 2. The Bertz CT molecular complexity index is 750. The first-order chi connectivity index (χ1) is 11.5. The van der Waals surface area contributed by atoms with Crippen LogP contribution in [0.2, 0.25) is 0 Å². The fourth-order valence-corrected chi connectivity index (χ4v) is 2.78. The molecule has 1 N–H and O–H groups in total. The van der Waals surface area contributed by atoms with Crippen molar-refractivity contribution in [2.75, 3.05) is 13.1 Å². The quantitative estimate of drug-likeness (QED) is 0.901. The van der Waals surface area contributed by atoms with Gasteiger partial charge in [0.15, 0.2) is 5.82 Å². The second-order valence-corrected chi connectivity index (χ2v) is 6.14. The number of aryl methyl sites for hydroxylation is 1. The standard InChI is InChI=1S/C17H21N5O2/c1-11-19-20-16(21(11)3)15(13-7-5-4-6-8-13)18-17(24)14-9-22(10-14)12(2)23/h4-8,14-15H,9-10H2,1-3H3,(H,18,24). The molecule has 126 valence electrons. The smallest absolute Gasteiger partial charge is 0.227 e. The Balaban J connectivity index is 1.80. The van der Waals surface area contributed by atoms with Crippen molar-refractivity contribution in [2.24, 2.45) is 13.0 Å². The molecule has 1 saturated heterocycles. The number of hydrogen-bond donors (Lipinski definition) is 1. The molecule has 1 unspecified atom stereocenters. The molecule has 1 fully saturated rings. The van der Waals surface area contributed by atoms with Gasteiger partial charge in [-0.1, -0.05) is 30.3 Å². The summed E-state index contributed by atoms with van der Waals surface area (Å²) in [7, 11) is 1.88. The molecular weight excluding hydrogens is 306 g/mol. The highest BCUT2D eigenvalue weighted by Gasteiger charge is 2.36. The summed E-state index contributed by atoms with van der Waals surface area (Å²) in [6.07, 6.45) is 0. The molecule has 1 aliphatic rings. The molecule has 1 atom stereocenters. The van der Waals surface area contributed by atoms with Gasteiger partial charge in [-0.15, -0.1) is 10.2 Å². The van der Waals surface area contributed by atoms with Crippen LogP contribution in [-0.2, 0) is 16.6 Å². The highest BCUT2D eigenvalue weighted by molar-refractivity contribution is 5.84. The summed E-state index contributed by atoms with van der Waals surface area (Å²) in [5.74, 6) is 1.24. The highest BCUT2D eigenvalue weighted by Crippen LogP contribution is 2.23. The van der Waals surface area contributed by atoms with Gasteiger partial charge in [0, 0.05) is 27.1 Å². The van der Waals surface area contributed by atoms with E-state index in [9.17, 15) is 9.59 Å². The Labute approximate surface area is 140 Å². The summed E-state index contributed by atoms with van der Waals surface area (Å²) in [5.41, 5.74) is 0.948. The first-order valence-electron chi connectivity index (χ1n) is 7.94. The van der Waals surface area contributed by atoms with Gasteiger partial charge in [0.05, 0.1) is 5.92 Å². The molecule has 0 aliphatic carbocycles. The van der Waals surface area contributed by atoms with Gasteiger partial charge in [0.25, 0.3) is 0 Å². The second kappa shape index (κ2) is 6.43. The van der Waals surface area contributed by atoms with Gasteiger partial charge in [-0.2, -0.15) is 0 Å². The number of nitrogens with zero attached hydrogens (tertiary/aromatic N) is 4. The number of aromatic nitrogens is 3. The Morgan fingerprint density at radius 1 is 1.21 bits per heavy atom. The minimum atomic E-state index is -0.365. The van der Waals surface area contributed by atoms with Crippen LogP contribution in [0.3, 0.4) is 0 Å². The molecule has 1 aliphatic heterocycles. The first kappa shape index (κ1) is 16.2. The van der Waals surface area contributed by atoms with Crippen molar-refractivity contribution in [3.05, 3.63) is 47.5 Å². The van der Waals surface area contributed by atoms with Crippen LogP contribution in [-0.4, -0.2) is 44.6 Å². The van der Waals surface area contributed by atoms with Gasteiger partial charge in [-0.05, 0) is 12.5 Å². The van der Waals surface area contributed by atoms with E-state index in [0.717, 1.165) is 11.4 Å². The van der Waals surface area contributed by atoms with Crippen molar-refractivity contribution < 1.29 is 9.59 Å². The van der Waals surface area contributed by atoms with Crippen molar-refractivity contribution in [2.45, 2.75) is 19.9 Å². The van der Waals surface area contributed by atoms with E-state index in [1.165, 1.54) is 6.92 Å². The van der Waals surface area contributed by atoms with E-state index in [1.54, 1.807) is 4.90 Å². The van der Waals surface area contributed by atoms with Crippen LogP contribution in [0.1, 0.15) is 30.2 Å². The van der Waals surface area contributed by atoms with Crippen molar-refractivity contribution in [1.82, 2.24) is 25.0 Å². The number of nitrogens with one attached hydrogen (secondary N) is 1. The minimum absolute atomic E-state index is 0.00239. The zero-order valence-corrected chi connectivity index (χ0v) is 14.1. The largest absolute Gasteiger partial charge is 0.342 e. The van der Waals surface area contributed by atoms with E-state index in [2.05, 4.69) is 15.5 Å². The van der Waals surface area contributed by atoms with Crippen molar-refractivity contribution in [3.8, 4) is 0 Å². The Kier molecular flexibility index (Phi) is 4.33. The van der Waals surface area contributed by atoms with Crippen LogP contribution in [0, 0.1) is 12.8 Å². The summed E-state index contributed by atoms with van der Waals surface area (Å²) in [6.45, 7) is 4.33. The van der Waals surface area contributed by atoms with Crippen LogP contribution in [0.25, 0.3) is 0 Å². The van der Waals surface area contributed by atoms with Gasteiger partial charge in [0.2, 0.25) is 11.8 Å². The molecule has 3 rings (SSSR count). The van der Waals surface area contributed by atoms with Gasteiger partial charge in [-0.25, -0.2) is 0 Å². The predicted octanol–water partition coefficient (Wildman–Crippen LogP) is 0.807. The average Bonchev–Trinajstić information content (AvgIpc) is 2.83. The fraction of sp³-hybridized carbons (Fsp3) is 0.412. The van der Waals surface area contributed by atoms with Crippen molar-refractivity contribution in [3.63, 3.8) is 0 Å². The van der Waals surface area contributed by atoms with Gasteiger partial charge in [0.1, 0.15) is 11.9 Å². The number of amides is 2. The van der Waals surface area contributed by atoms with Gasteiger partial charge in [-0.3, -0.25) is 9.59 Å². The van der Waals surface area contributed by atoms with E-state index >= 15 is 0 Å². The third-order valence-electron chi connectivity index (χ3n) is 4.50. The van der Waals surface area contributed by atoms with Gasteiger partial charge >= 0.3 is 0 Å². The molecular formula is C17H21N5O2. The number of benzene rings is 1. The van der Waals surface area contributed by atoms with E-state index in [-0.39, 0.29) is 23.8 Å².